The SMILES string of the molecule is CCNC(Cc1ccc(F)cc1Cl)CC(CC)CC. The Kier molecular flexibility index (Phi) is 7.40. The van der Waals surface area contributed by atoms with Gasteiger partial charge in [0.25, 0.3) is 0 Å². The Morgan fingerprint density at radius 2 is 1.89 bits per heavy atom. The summed E-state index contributed by atoms with van der Waals surface area (Å²) in [6, 6.07) is 5.10. The number of rotatable bonds is 8. The predicted molar refractivity (Wildman–Crippen MR) is 81.3 cm³/mol. The number of halogens is 2. The van der Waals surface area contributed by atoms with E-state index in [1.807, 2.05) is 0 Å². The molecule has 0 fully saturated rings. The van der Waals surface area contributed by atoms with Gasteiger partial charge in [0.1, 0.15) is 5.82 Å². The zero-order valence-corrected chi connectivity index (χ0v) is 12.9. The third-order valence-electron chi connectivity index (χ3n) is 3.75. The fraction of sp³-hybridized carbons (Fsp3) is 0.625. The average molecular weight is 286 g/mol. The molecule has 1 atom stereocenters. The fourth-order valence-electron chi connectivity index (χ4n) is 2.50. The van der Waals surface area contributed by atoms with E-state index in [9.17, 15) is 4.39 Å². The molecular formula is C16H25ClFN. The van der Waals surface area contributed by atoms with Crippen LogP contribution in [0, 0.1) is 11.7 Å². The number of benzene rings is 1. The molecule has 3 heteroatoms. The fourth-order valence-corrected chi connectivity index (χ4v) is 2.75. The van der Waals surface area contributed by atoms with Gasteiger partial charge in [0, 0.05) is 11.1 Å². The molecule has 0 saturated carbocycles. The van der Waals surface area contributed by atoms with Crippen LogP contribution in [-0.4, -0.2) is 12.6 Å². The lowest BCUT2D eigenvalue weighted by Gasteiger charge is -2.23. The quantitative estimate of drug-likeness (QED) is 0.722. The standard InChI is InChI=1S/C16H25ClFN/c1-4-12(5-2)9-15(19-6-3)10-13-7-8-14(18)11-16(13)17/h7-8,11-12,15,19H,4-6,9-10H2,1-3H3. The van der Waals surface area contributed by atoms with Gasteiger partial charge in [-0.1, -0.05) is 51.3 Å². The Bertz CT molecular complexity index is 377. The lowest BCUT2D eigenvalue weighted by molar-refractivity contribution is 0.367. The lowest BCUT2D eigenvalue weighted by atomic mass is 9.91. The normalized spacial score (nSPS) is 12.9. The van der Waals surface area contributed by atoms with Gasteiger partial charge in [-0.3, -0.25) is 0 Å². The van der Waals surface area contributed by atoms with E-state index in [4.69, 9.17) is 11.6 Å². The van der Waals surface area contributed by atoms with Crippen molar-refractivity contribution in [2.45, 2.75) is 52.5 Å². The summed E-state index contributed by atoms with van der Waals surface area (Å²) >= 11 is 6.11. The number of nitrogens with one attached hydrogen (secondary N) is 1. The van der Waals surface area contributed by atoms with Crippen LogP contribution < -0.4 is 5.32 Å². The Morgan fingerprint density at radius 3 is 2.42 bits per heavy atom. The molecular weight excluding hydrogens is 261 g/mol. The van der Waals surface area contributed by atoms with Crippen molar-refractivity contribution in [3.8, 4) is 0 Å². The van der Waals surface area contributed by atoms with Crippen LogP contribution in [0.15, 0.2) is 18.2 Å². The highest BCUT2D eigenvalue weighted by Gasteiger charge is 2.15. The first-order valence-corrected chi connectivity index (χ1v) is 7.65. The Morgan fingerprint density at radius 1 is 1.21 bits per heavy atom. The highest BCUT2D eigenvalue weighted by molar-refractivity contribution is 6.31. The molecule has 0 aliphatic rings. The first-order chi connectivity index (χ1) is 9.10. The summed E-state index contributed by atoms with van der Waals surface area (Å²) in [5, 5.41) is 4.05. The number of likely N-dealkylation sites (N-methyl/N-ethyl adjacent to an activating group) is 1. The molecule has 19 heavy (non-hydrogen) atoms. The van der Waals surface area contributed by atoms with E-state index < -0.39 is 0 Å². The van der Waals surface area contributed by atoms with Crippen LogP contribution in [0.2, 0.25) is 5.02 Å². The maximum Gasteiger partial charge on any atom is 0.124 e. The van der Waals surface area contributed by atoms with Crippen LogP contribution in [-0.2, 0) is 6.42 Å². The average Bonchev–Trinajstić information content (AvgIpc) is 2.39. The van der Waals surface area contributed by atoms with E-state index in [-0.39, 0.29) is 5.82 Å². The minimum absolute atomic E-state index is 0.270. The lowest BCUT2D eigenvalue weighted by Crippen LogP contribution is -2.33. The van der Waals surface area contributed by atoms with Gasteiger partial charge < -0.3 is 5.32 Å². The summed E-state index contributed by atoms with van der Waals surface area (Å²) < 4.78 is 13.1. The molecule has 1 aromatic carbocycles. The zero-order valence-electron chi connectivity index (χ0n) is 12.2. The topological polar surface area (TPSA) is 12.0 Å². The molecule has 0 amide bonds. The highest BCUT2D eigenvalue weighted by atomic mass is 35.5. The van der Waals surface area contributed by atoms with Gasteiger partial charge >= 0.3 is 0 Å². The Hall–Kier alpha value is -0.600. The maximum atomic E-state index is 13.1. The molecule has 0 saturated heterocycles. The van der Waals surface area contributed by atoms with Crippen LogP contribution in [0.25, 0.3) is 0 Å². The molecule has 0 aromatic heterocycles. The summed E-state index contributed by atoms with van der Waals surface area (Å²) in [5.41, 5.74) is 1.03. The van der Waals surface area contributed by atoms with Gasteiger partial charge in [-0.15, -0.1) is 0 Å². The van der Waals surface area contributed by atoms with Crippen molar-refractivity contribution in [1.29, 1.82) is 0 Å². The van der Waals surface area contributed by atoms with Gasteiger partial charge in [-0.2, -0.15) is 0 Å². The maximum absolute atomic E-state index is 13.1. The minimum Gasteiger partial charge on any atom is -0.314 e. The number of hydrogen-bond donors (Lipinski definition) is 1. The molecule has 1 N–H and O–H groups in total. The molecule has 0 radical (unpaired) electrons. The smallest absolute Gasteiger partial charge is 0.124 e. The molecule has 0 aliphatic carbocycles. The summed E-state index contributed by atoms with van der Waals surface area (Å²) in [5.74, 6) is 0.469. The monoisotopic (exact) mass is 285 g/mol. The first-order valence-electron chi connectivity index (χ1n) is 7.27. The second kappa shape index (κ2) is 8.55. The van der Waals surface area contributed by atoms with Crippen molar-refractivity contribution in [3.05, 3.63) is 34.6 Å². The zero-order chi connectivity index (χ0) is 14.3. The Balaban J connectivity index is 2.71. The first kappa shape index (κ1) is 16.5. The second-order valence-corrected chi connectivity index (χ2v) is 5.52. The summed E-state index contributed by atoms with van der Waals surface area (Å²) in [4.78, 5) is 0. The Labute approximate surface area is 121 Å². The van der Waals surface area contributed by atoms with Crippen LogP contribution in [0.5, 0.6) is 0 Å². The molecule has 108 valence electrons. The summed E-state index contributed by atoms with van der Waals surface area (Å²) in [6.45, 7) is 7.54. The van der Waals surface area contributed by atoms with Gasteiger partial charge in [0.2, 0.25) is 0 Å². The molecule has 1 aromatic rings. The van der Waals surface area contributed by atoms with Crippen molar-refractivity contribution in [2.75, 3.05) is 6.54 Å². The molecule has 0 heterocycles. The third kappa shape index (κ3) is 5.50. The summed E-state index contributed by atoms with van der Waals surface area (Å²) in [7, 11) is 0. The highest BCUT2D eigenvalue weighted by Crippen LogP contribution is 2.22. The van der Waals surface area contributed by atoms with Crippen molar-refractivity contribution < 1.29 is 4.39 Å². The molecule has 0 spiro atoms. The van der Waals surface area contributed by atoms with Gasteiger partial charge in [0.15, 0.2) is 0 Å². The van der Waals surface area contributed by atoms with Crippen molar-refractivity contribution >= 4 is 11.6 Å². The second-order valence-electron chi connectivity index (χ2n) is 5.11. The van der Waals surface area contributed by atoms with E-state index in [2.05, 4.69) is 26.1 Å². The largest absolute Gasteiger partial charge is 0.314 e. The van der Waals surface area contributed by atoms with Gasteiger partial charge in [-0.25, -0.2) is 4.39 Å². The van der Waals surface area contributed by atoms with Gasteiger partial charge in [-0.05, 0) is 43.0 Å². The van der Waals surface area contributed by atoms with Crippen LogP contribution >= 0.6 is 11.6 Å². The molecule has 0 bridgehead atoms. The van der Waals surface area contributed by atoms with E-state index in [1.165, 1.54) is 25.0 Å². The van der Waals surface area contributed by atoms with Crippen molar-refractivity contribution in [2.24, 2.45) is 5.92 Å². The molecule has 1 unspecified atom stereocenters. The molecule has 0 aliphatic heterocycles. The van der Waals surface area contributed by atoms with Crippen molar-refractivity contribution in [1.82, 2.24) is 5.32 Å². The third-order valence-corrected chi connectivity index (χ3v) is 4.10. The van der Waals surface area contributed by atoms with E-state index >= 15 is 0 Å². The van der Waals surface area contributed by atoms with Crippen LogP contribution in [0.1, 0.15) is 45.6 Å². The number of hydrogen-bond acceptors (Lipinski definition) is 1. The molecule has 1 rings (SSSR count). The van der Waals surface area contributed by atoms with E-state index in [0.29, 0.717) is 11.1 Å². The van der Waals surface area contributed by atoms with E-state index in [1.54, 1.807) is 6.07 Å². The predicted octanol–water partition coefficient (Wildman–Crippen LogP) is 4.83. The van der Waals surface area contributed by atoms with E-state index in [0.717, 1.165) is 30.9 Å². The van der Waals surface area contributed by atoms with Crippen LogP contribution in [0.4, 0.5) is 4.39 Å². The van der Waals surface area contributed by atoms with Crippen LogP contribution in [0.3, 0.4) is 0 Å². The summed E-state index contributed by atoms with van der Waals surface area (Å²) in [6.07, 6.45) is 4.42. The van der Waals surface area contributed by atoms with Crippen molar-refractivity contribution in [3.63, 3.8) is 0 Å². The molecule has 1 nitrogen and oxygen atoms in total. The van der Waals surface area contributed by atoms with Gasteiger partial charge in [0.05, 0.1) is 0 Å². The minimum atomic E-state index is -0.270.